The Balaban J connectivity index is 2.45. The van der Waals surface area contributed by atoms with E-state index in [9.17, 15) is 18.0 Å². The molecule has 3 N–H and O–H groups in total. The number of rotatable bonds is 6. The lowest BCUT2D eigenvalue weighted by molar-refractivity contribution is -0.137. The Morgan fingerprint density at radius 3 is 2.37 bits per heavy atom. The molecule has 0 fully saturated rings. The quantitative estimate of drug-likeness (QED) is 0.361. The maximum Gasteiger partial charge on any atom is 0.416 e. The number of carbonyl (C=O) groups excluding carboxylic acids is 1. The number of hydrazine groups is 1. The molecule has 0 atom stereocenters. The Kier molecular flexibility index (Phi) is 5.78. The van der Waals surface area contributed by atoms with Gasteiger partial charge in [-0.15, -0.1) is 0 Å². The van der Waals surface area contributed by atoms with Gasteiger partial charge in [0.15, 0.2) is 0 Å². The number of unbranched alkanes of at least 4 members (excludes halogenated alkanes) is 1. The summed E-state index contributed by atoms with van der Waals surface area (Å²) in [7, 11) is 0. The van der Waals surface area contributed by atoms with Gasteiger partial charge in [-0.05, 0) is 37.1 Å². The Morgan fingerprint density at radius 1 is 1.21 bits per heavy atom. The van der Waals surface area contributed by atoms with Gasteiger partial charge in [0.1, 0.15) is 0 Å². The van der Waals surface area contributed by atoms with Crippen LogP contribution in [0.2, 0.25) is 0 Å². The Labute approximate surface area is 108 Å². The van der Waals surface area contributed by atoms with Crippen molar-refractivity contribution in [3.05, 3.63) is 35.4 Å². The van der Waals surface area contributed by atoms with Crippen LogP contribution in [0.25, 0.3) is 0 Å². The summed E-state index contributed by atoms with van der Waals surface area (Å²) in [6.45, 7) is 0.819. The molecule has 0 saturated carbocycles. The first-order chi connectivity index (χ1) is 8.95. The minimum Gasteiger partial charge on any atom is -0.462 e. The summed E-state index contributed by atoms with van der Waals surface area (Å²) in [6, 6.07) is 3.92. The third kappa shape index (κ3) is 5.27. The second-order valence-electron chi connectivity index (χ2n) is 3.87. The molecular formula is C12H15F3N2O2. The largest absolute Gasteiger partial charge is 0.462 e. The molecule has 0 aliphatic heterocycles. The average Bonchev–Trinajstić information content (AvgIpc) is 2.37. The summed E-state index contributed by atoms with van der Waals surface area (Å²) >= 11 is 0. The molecule has 0 saturated heterocycles. The first kappa shape index (κ1) is 15.5. The van der Waals surface area contributed by atoms with Crippen LogP contribution < -0.4 is 11.3 Å². The molecule has 0 unspecified atom stereocenters. The van der Waals surface area contributed by atoms with E-state index >= 15 is 0 Å². The van der Waals surface area contributed by atoms with Crippen molar-refractivity contribution < 1.29 is 22.7 Å². The van der Waals surface area contributed by atoms with Crippen LogP contribution in [0.5, 0.6) is 0 Å². The summed E-state index contributed by atoms with van der Waals surface area (Å²) in [5.74, 6) is 4.43. The van der Waals surface area contributed by atoms with Crippen LogP contribution in [0.1, 0.15) is 28.8 Å². The Morgan fingerprint density at radius 2 is 1.84 bits per heavy atom. The lowest BCUT2D eigenvalue weighted by Crippen LogP contribution is -2.23. The monoisotopic (exact) mass is 276 g/mol. The molecule has 0 aliphatic rings. The van der Waals surface area contributed by atoms with Gasteiger partial charge in [0.25, 0.3) is 0 Å². The van der Waals surface area contributed by atoms with Crippen molar-refractivity contribution >= 4 is 5.97 Å². The van der Waals surface area contributed by atoms with Crippen molar-refractivity contribution in [2.24, 2.45) is 5.84 Å². The fraction of sp³-hybridized carbons (Fsp3) is 0.417. The smallest absolute Gasteiger partial charge is 0.416 e. The van der Waals surface area contributed by atoms with Gasteiger partial charge in [0.2, 0.25) is 0 Å². The number of hydrogen-bond donors (Lipinski definition) is 2. The number of alkyl halides is 3. The van der Waals surface area contributed by atoms with Crippen molar-refractivity contribution in [3.63, 3.8) is 0 Å². The van der Waals surface area contributed by atoms with E-state index < -0.39 is 17.7 Å². The predicted octanol–water partition coefficient (Wildman–Crippen LogP) is 2.11. The summed E-state index contributed by atoms with van der Waals surface area (Å²) in [5.41, 5.74) is 1.77. The van der Waals surface area contributed by atoms with Crippen LogP contribution in [0.3, 0.4) is 0 Å². The van der Waals surface area contributed by atoms with Crippen LogP contribution in [-0.2, 0) is 10.9 Å². The van der Waals surface area contributed by atoms with Crippen molar-refractivity contribution in [2.45, 2.75) is 19.0 Å². The first-order valence-electron chi connectivity index (χ1n) is 5.73. The molecule has 0 aromatic heterocycles. The van der Waals surface area contributed by atoms with E-state index in [4.69, 9.17) is 10.6 Å². The van der Waals surface area contributed by atoms with Crippen molar-refractivity contribution in [3.8, 4) is 0 Å². The number of nitrogens with one attached hydrogen (secondary N) is 1. The maximum atomic E-state index is 12.3. The highest BCUT2D eigenvalue weighted by atomic mass is 19.4. The van der Waals surface area contributed by atoms with Gasteiger partial charge < -0.3 is 4.74 Å². The molecule has 1 rings (SSSR count). The van der Waals surface area contributed by atoms with Gasteiger partial charge in [-0.3, -0.25) is 11.3 Å². The van der Waals surface area contributed by atoms with Gasteiger partial charge in [0, 0.05) is 6.54 Å². The number of nitrogens with two attached hydrogens (primary N) is 1. The van der Waals surface area contributed by atoms with E-state index in [-0.39, 0.29) is 12.2 Å². The van der Waals surface area contributed by atoms with E-state index in [1.165, 1.54) is 0 Å². The fourth-order valence-electron chi connectivity index (χ4n) is 1.37. The normalized spacial score (nSPS) is 11.4. The highest BCUT2D eigenvalue weighted by Gasteiger charge is 2.30. The number of esters is 1. The highest BCUT2D eigenvalue weighted by Crippen LogP contribution is 2.29. The van der Waals surface area contributed by atoms with Crippen LogP contribution in [-0.4, -0.2) is 19.1 Å². The van der Waals surface area contributed by atoms with Crippen LogP contribution in [0.15, 0.2) is 24.3 Å². The zero-order valence-electron chi connectivity index (χ0n) is 10.2. The zero-order valence-corrected chi connectivity index (χ0v) is 10.2. The molecule has 0 spiro atoms. The first-order valence-corrected chi connectivity index (χ1v) is 5.73. The number of carbonyl (C=O) groups is 1. The summed E-state index contributed by atoms with van der Waals surface area (Å²) < 4.78 is 41.8. The van der Waals surface area contributed by atoms with E-state index in [0.717, 1.165) is 30.7 Å². The number of ether oxygens (including phenoxy) is 1. The second-order valence-corrected chi connectivity index (χ2v) is 3.87. The van der Waals surface area contributed by atoms with Gasteiger partial charge in [-0.2, -0.15) is 13.2 Å². The molecule has 1 aromatic carbocycles. The van der Waals surface area contributed by atoms with E-state index in [1.54, 1.807) is 0 Å². The minimum atomic E-state index is -4.41. The maximum absolute atomic E-state index is 12.3. The molecule has 106 valence electrons. The highest BCUT2D eigenvalue weighted by molar-refractivity contribution is 5.89. The summed E-state index contributed by atoms with van der Waals surface area (Å²) in [5, 5.41) is 0. The number of hydrogen-bond acceptors (Lipinski definition) is 4. The Bertz CT molecular complexity index is 404. The summed E-state index contributed by atoms with van der Waals surface area (Å²) in [6.07, 6.45) is -3.02. The molecule has 19 heavy (non-hydrogen) atoms. The van der Waals surface area contributed by atoms with Crippen LogP contribution in [0.4, 0.5) is 13.2 Å². The third-order valence-electron chi connectivity index (χ3n) is 2.40. The predicted molar refractivity (Wildman–Crippen MR) is 63.2 cm³/mol. The molecular weight excluding hydrogens is 261 g/mol. The lowest BCUT2D eigenvalue weighted by Gasteiger charge is -2.08. The van der Waals surface area contributed by atoms with Gasteiger partial charge in [-0.1, -0.05) is 0 Å². The van der Waals surface area contributed by atoms with E-state index in [2.05, 4.69) is 5.43 Å². The summed E-state index contributed by atoms with van der Waals surface area (Å²) in [4.78, 5) is 11.5. The van der Waals surface area contributed by atoms with Crippen LogP contribution >= 0.6 is 0 Å². The molecule has 0 bridgehead atoms. The zero-order chi connectivity index (χ0) is 14.3. The van der Waals surface area contributed by atoms with Crippen molar-refractivity contribution in [1.82, 2.24) is 5.43 Å². The molecule has 4 nitrogen and oxygen atoms in total. The fourth-order valence-corrected chi connectivity index (χ4v) is 1.37. The molecule has 1 aromatic rings. The van der Waals surface area contributed by atoms with Crippen LogP contribution in [0, 0.1) is 0 Å². The van der Waals surface area contributed by atoms with E-state index in [0.29, 0.717) is 13.0 Å². The van der Waals surface area contributed by atoms with Gasteiger partial charge in [-0.25, -0.2) is 4.79 Å². The minimum absolute atomic E-state index is 0.102. The lowest BCUT2D eigenvalue weighted by atomic mass is 10.1. The number of benzene rings is 1. The molecule has 0 amide bonds. The van der Waals surface area contributed by atoms with E-state index in [1.807, 2.05) is 0 Å². The molecule has 0 radical (unpaired) electrons. The SMILES string of the molecule is NNCCCCOC(=O)c1ccc(C(F)(F)F)cc1. The second kappa shape index (κ2) is 7.10. The van der Waals surface area contributed by atoms with Gasteiger partial charge >= 0.3 is 12.1 Å². The third-order valence-corrected chi connectivity index (χ3v) is 2.40. The molecule has 0 aliphatic carbocycles. The van der Waals surface area contributed by atoms with Crippen molar-refractivity contribution in [2.75, 3.05) is 13.2 Å². The molecule has 7 heteroatoms. The standard InChI is InChI=1S/C12H15F3N2O2/c13-12(14,15)10-5-3-9(4-6-10)11(18)19-8-2-1-7-17-16/h3-6,17H,1-2,7-8,16H2. The van der Waals surface area contributed by atoms with Gasteiger partial charge in [0.05, 0.1) is 17.7 Å². The topological polar surface area (TPSA) is 64.3 Å². The molecule has 0 heterocycles. The number of halogens is 3. The van der Waals surface area contributed by atoms with Crippen molar-refractivity contribution in [1.29, 1.82) is 0 Å². The average molecular weight is 276 g/mol. The Hall–Kier alpha value is -1.60.